The third kappa shape index (κ3) is 5.83. The molecule has 1 heterocycles. The van der Waals surface area contributed by atoms with Gasteiger partial charge < -0.3 is 24.8 Å². The Hall–Kier alpha value is -3.81. The van der Waals surface area contributed by atoms with E-state index in [1.165, 1.54) is 6.20 Å². The van der Waals surface area contributed by atoms with Crippen molar-refractivity contribution in [1.82, 2.24) is 9.97 Å². The molecular weight excluding hydrogens is 372 g/mol. The quantitative estimate of drug-likeness (QED) is 0.538. The van der Waals surface area contributed by atoms with Crippen molar-refractivity contribution in [3.05, 3.63) is 66.5 Å². The summed E-state index contributed by atoms with van der Waals surface area (Å²) in [5.41, 5.74) is 0.909. The lowest BCUT2D eigenvalue weighted by Crippen LogP contribution is -2.17. The smallest absolute Gasteiger partial charge is 0.274 e. The number of aromatic nitrogens is 2. The zero-order chi connectivity index (χ0) is 20.5. The second-order valence-corrected chi connectivity index (χ2v) is 5.90. The lowest BCUT2D eigenvalue weighted by molar-refractivity contribution is 0.102. The minimum Gasteiger partial charge on any atom is -0.497 e. The van der Waals surface area contributed by atoms with Crippen LogP contribution >= 0.6 is 0 Å². The summed E-state index contributed by atoms with van der Waals surface area (Å²) in [6.45, 7) is 0.896. The van der Waals surface area contributed by atoms with Crippen molar-refractivity contribution in [2.45, 2.75) is 0 Å². The van der Waals surface area contributed by atoms with E-state index in [-0.39, 0.29) is 11.6 Å². The van der Waals surface area contributed by atoms with E-state index in [1.54, 1.807) is 44.6 Å². The van der Waals surface area contributed by atoms with Gasteiger partial charge in [-0.1, -0.05) is 0 Å². The van der Waals surface area contributed by atoms with Gasteiger partial charge in [-0.05, 0) is 54.6 Å². The van der Waals surface area contributed by atoms with Gasteiger partial charge in [0, 0.05) is 11.9 Å². The summed E-state index contributed by atoms with van der Waals surface area (Å²) >= 11 is 0. The molecule has 8 nitrogen and oxygen atoms in total. The molecule has 0 aliphatic carbocycles. The fourth-order valence-electron chi connectivity index (χ4n) is 2.44. The van der Waals surface area contributed by atoms with Gasteiger partial charge in [0.15, 0.2) is 0 Å². The van der Waals surface area contributed by atoms with E-state index in [0.29, 0.717) is 30.5 Å². The second kappa shape index (κ2) is 9.93. The molecule has 0 aliphatic rings. The number of carbonyl (C=O) groups excluding carboxylic acids is 1. The van der Waals surface area contributed by atoms with Gasteiger partial charge in [0.05, 0.1) is 20.8 Å². The molecule has 0 radical (unpaired) electrons. The fraction of sp³-hybridized carbons (Fsp3) is 0.190. The SMILES string of the molecule is COc1ccc(NC(=O)c2ccnc(NCCOc3ccc(OC)cc3)n2)cc1. The number of benzene rings is 2. The number of methoxy groups -OCH3 is 2. The van der Waals surface area contributed by atoms with Gasteiger partial charge >= 0.3 is 0 Å². The van der Waals surface area contributed by atoms with E-state index in [4.69, 9.17) is 14.2 Å². The zero-order valence-electron chi connectivity index (χ0n) is 16.2. The summed E-state index contributed by atoms with van der Waals surface area (Å²) in [5.74, 6) is 2.25. The number of hydrogen-bond acceptors (Lipinski definition) is 7. The Morgan fingerprint density at radius 2 is 1.52 bits per heavy atom. The second-order valence-electron chi connectivity index (χ2n) is 5.90. The highest BCUT2D eigenvalue weighted by Crippen LogP contribution is 2.17. The van der Waals surface area contributed by atoms with E-state index in [2.05, 4.69) is 20.6 Å². The van der Waals surface area contributed by atoms with E-state index < -0.39 is 0 Å². The van der Waals surface area contributed by atoms with Crippen molar-refractivity contribution in [2.24, 2.45) is 0 Å². The monoisotopic (exact) mass is 394 g/mol. The van der Waals surface area contributed by atoms with Crippen molar-refractivity contribution >= 4 is 17.5 Å². The van der Waals surface area contributed by atoms with E-state index in [9.17, 15) is 4.79 Å². The largest absolute Gasteiger partial charge is 0.497 e. The molecule has 8 heteroatoms. The maximum Gasteiger partial charge on any atom is 0.274 e. The van der Waals surface area contributed by atoms with Gasteiger partial charge in [0.2, 0.25) is 5.95 Å². The van der Waals surface area contributed by atoms with Crippen LogP contribution in [0.5, 0.6) is 17.2 Å². The molecule has 0 unspecified atom stereocenters. The summed E-state index contributed by atoms with van der Waals surface area (Å²) in [5, 5.41) is 5.83. The predicted molar refractivity (Wildman–Crippen MR) is 110 cm³/mol. The number of nitrogens with one attached hydrogen (secondary N) is 2. The average molecular weight is 394 g/mol. The molecule has 0 atom stereocenters. The predicted octanol–water partition coefficient (Wildman–Crippen LogP) is 3.24. The molecule has 29 heavy (non-hydrogen) atoms. The van der Waals surface area contributed by atoms with Crippen LogP contribution < -0.4 is 24.8 Å². The number of carbonyl (C=O) groups is 1. The Morgan fingerprint density at radius 3 is 2.17 bits per heavy atom. The molecule has 0 saturated carbocycles. The number of nitrogens with zero attached hydrogens (tertiary/aromatic N) is 2. The van der Waals surface area contributed by atoms with Crippen LogP contribution in [-0.2, 0) is 0 Å². The van der Waals surface area contributed by atoms with Gasteiger partial charge in [0.25, 0.3) is 5.91 Å². The average Bonchev–Trinajstić information content (AvgIpc) is 2.78. The Morgan fingerprint density at radius 1 is 0.897 bits per heavy atom. The summed E-state index contributed by atoms with van der Waals surface area (Å²) in [6.07, 6.45) is 1.53. The molecule has 0 spiro atoms. The normalized spacial score (nSPS) is 10.1. The summed E-state index contributed by atoms with van der Waals surface area (Å²) < 4.78 is 15.9. The fourth-order valence-corrected chi connectivity index (χ4v) is 2.44. The van der Waals surface area contributed by atoms with Crippen LogP contribution in [0.15, 0.2) is 60.8 Å². The molecule has 0 bridgehead atoms. The molecule has 0 fully saturated rings. The minimum atomic E-state index is -0.324. The zero-order valence-corrected chi connectivity index (χ0v) is 16.2. The number of amides is 1. The van der Waals surface area contributed by atoms with Crippen LogP contribution in [0.2, 0.25) is 0 Å². The number of rotatable bonds is 9. The minimum absolute atomic E-state index is 0.259. The highest BCUT2D eigenvalue weighted by atomic mass is 16.5. The van der Waals surface area contributed by atoms with Crippen LogP contribution in [0.1, 0.15) is 10.5 Å². The van der Waals surface area contributed by atoms with Gasteiger partial charge in [-0.3, -0.25) is 4.79 Å². The van der Waals surface area contributed by atoms with Crippen molar-refractivity contribution in [2.75, 3.05) is 38.0 Å². The molecule has 0 aliphatic heterocycles. The Kier molecular flexibility index (Phi) is 6.83. The molecular formula is C21H22N4O4. The molecule has 0 saturated heterocycles. The van der Waals surface area contributed by atoms with Gasteiger partial charge in [-0.25, -0.2) is 9.97 Å². The highest BCUT2D eigenvalue weighted by molar-refractivity contribution is 6.02. The standard InChI is InChI=1S/C21H22N4O4/c1-27-16-5-3-15(4-6-16)24-20(26)19-11-12-22-21(25-19)23-13-14-29-18-9-7-17(28-2)8-10-18/h3-12H,13-14H2,1-2H3,(H,24,26)(H,22,23,25). The lowest BCUT2D eigenvalue weighted by Gasteiger charge is -2.09. The molecule has 1 amide bonds. The van der Waals surface area contributed by atoms with E-state index in [1.807, 2.05) is 24.3 Å². The van der Waals surface area contributed by atoms with Crippen LogP contribution in [0.4, 0.5) is 11.6 Å². The van der Waals surface area contributed by atoms with Gasteiger partial charge in [-0.15, -0.1) is 0 Å². The number of ether oxygens (including phenoxy) is 3. The van der Waals surface area contributed by atoms with Crippen molar-refractivity contribution in [1.29, 1.82) is 0 Å². The Labute approximate surface area is 168 Å². The van der Waals surface area contributed by atoms with Crippen molar-refractivity contribution < 1.29 is 19.0 Å². The van der Waals surface area contributed by atoms with E-state index >= 15 is 0 Å². The Bertz CT molecular complexity index is 930. The molecule has 150 valence electrons. The van der Waals surface area contributed by atoms with E-state index in [0.717, 1.165) is 11.5 Å². The molecule has 3 rings (SSSR count). The Balaban J connectivity index is 1.49. The third-order valence-electron chi connectivity index (χ3n) is 3.95. The van der Waals surface area contributed by atoms with Crippen LogP contribution in [0, 0.1) is 0 Å². The first-order valence-electron chi connectivity index (χ1n) is 8.97. The topological polar surface area (TPSA) is 94.6 Å². The maximum absolute atomic E-state index is 12.4. The summed E-state index contributed by atoms with van der Waals surface area (Å²) in [7, 11) is 3.20. The molecule has 3 aromatic rings. The first kappa shape index (κ1) is 19.9. The lowest BCUT2D eigenvalue weighted by atomic mass is 10.3. The summed E-state index contributed by atoms with van der Waals surface area (Å²) in [6, 6.07) is 15.9. The van der Waals surface area contributed by atoms with Crippen molar-refractivity contribution in [3.8, 4) is 17.2 Å². The van der Waals surface area contributed by atoms with Gasteiger partial charge in [0.1, 0.15) is 29.5 Å². The van der Waals surface area contributed by atoms with Crippen LogP contribution in [0.25, 0.3) is 0 Å². The highest BCUT2D eigenvalue weighted by Gasteiger charge is 2.09. The molecule has 1 aromatic heterocycles. The molecule has 2 N–H and O–H groups in total. The first-order valence-corrected chi connectivity index (χ1v) is 8.97. The molecule has 2 aromatic carbocycles. The first-order chi connectivity index (χ1) is 14.2. The van der Waals surface area contributed by atoms with Crippen LogP contribution in [-0.4, -0.2) is 43.2 Å². The van der Waals surface area contributed by atoms with Crippen molar-refractivity contribution in [3.63, 3.8) is 0 Å². The number of hydrogen-bond donors (Lipinski definition) is 2. The number of anilines is 2. The maximum atomic E-state index is 12.4. The summed E-state index contributed by atoms with van der Waals surface area (Å²) in [4.78, 5) is 20.8. The third-order valence-corrected chi connectivity index (χ3v) is 3.95. The van der Waals surface area contributed by atoms with Gasteiger partial charge in [-0.2, -0.15) is 0 Å². The van der Waals surface area contributed by atoms with Crippen LogP contribution in [0.3, 0.4) is 0 Å².